The van der Waals surface area contributed by atoms with Crippen LogP contribution in [0.15, 0.2) is 30.3 Å². The van der Waals surface area contributed by atoms with Crippen LogP contribution in [0.2, 0.25) is 0 Å². The Morgan fingerprint density at radius 2 is 2.00 bits per heavy atom. The Hall–Kier alpha value is -2.37. The highest BCUT2D eigenvalue weighted by molar-refractivity contribution is 5.99. The topological polar surface area (TPSA) is 86.7 Å². The number of carbonyl (C=O) groups is 3. The van der Waals surface area contributed by atoms with E-state index in [9.17, 15) is 14.4 Å². The fourth-order valence-electron chi connectivity index (χ4n) is 2.18. The van der Waals surface area contributed by atoms with Gasteiger partial charge in [0.05, 0.1) is 12.3 Å². The molecule has 1 saturated heterocycles. The molecule has 0 aliphatic carbocycles. The zero-order valence-electron chi connectivity index (χ0n) is 10.9. The number of para-hydroxylation sites is 1. The zero-order chi connectivity index (χ0) is 14.5. The fourth-order valence-corrected chi connectivity index (χ4v) is 2.18. The lowest BCUT2D eigenvalue weighted by atomic mass is 10.1. The number of hydrogen-bond acceptors (Lipinski definition) is 3. The van der Waals surface area contributed by atoms with E-state index in [0.29, 0.717) is 12.2 Å². The average Bonchev–Trinajstić information content (AvgIpc) is 2.86. The first-order chi connectivity index (χ1) is 9.58. The van der Waals surface area contributed by atoms with Gasteiger partial charge in [-0.25, -0.2) is 0 Å². The summed E-state index contributed by atoms with van der Waals surface area (Å²) in [6.45, 7) is 0.414. The Bertz CT molecular complexity index is 515. The molecule has 2 rings (SSSR count). The average molecular weight is 276 g/mol. The van der Waals surface area contributed by atoms with Gasteiger partial charge in [0.1, 0.15) is 0 Å². The smallest absolute Gasteiger partial charge is 0.305 e. The normalized spacial score (nSPS) is 17.6. The summed E-state index contributed by atoms with van der Waals surface area (Å²) in [4.78, 5) is 35.8. The number of carboxylic acid groups (broad SMARTS) is 1. The molecule has 6 heteroatoms. The lowest BCUT2D eigenvalue weighted by Gasteiger charge is -2.24. The number of hydrogen-bond donors (Lipinski definition) is 2. The second kappa shape index (κ2) is 6.18. The van der Waals surface area contributed by atoms with Gasteiger partial charge in [-0.1, -0.05) is 18.2 Å². The van der Waals surface area contributed by atoms with E-state index in [1.54, 1.807) is 24.3 Å². The van der Waals surface area contributed by atoms with Crippen LogP contribution >= 0.6 is 0 Å². The Morgan fingerprint density at radius 3 is 2.55 bits per heavy atom. The van der Waals surface area contributed by atoms with Crippen LogP contribution in [-0.2, 0) is 14.4 Å². The number of nitrogens with zero attached hydrogens (tertiary/aromatic N) is 1. The van der Waals surface area contributed by atoms with Gasteiger partial charge in [-0.05, 0) is 12.1 Å². The van der Waals surface area contributed by atoms with Gasteiger partial charge in [0.2, 0.25) is 11.8 Å². The summed E-state index contributed by atoms with van der Waals surface area (Å²) in [7, 11) is 0. The molecular weight excluding hydrogens is 260 g/mol. The molecule has 1 aliphatic rings. The van der Waals surface area contributed by atoms with E-state index >= 15 is 0 Å². The third-order valence-electron chi connectivity index (χ3n) is 3.21. The first-order valence-corrected chi connectivity index (χ1v) is 6.43. The van der Waals surface area contributed by atoms with Crippen molar-refractivity contribution in [1.29, 1.82) is 0 Å². The van der Waals surface area contributed by atoms with E-state index in [2.05, 4.69) is 5.32 Å². The molecule has 2 N–H and O–H groups in total. The molecule has 2 amide bonds. The van der Waals surface area contributed by atoms with Gasteiger partial charge in [0.15, 0.2) is 0 Å². The third kappa shape index (κ3) is 3.34. The first-order valence-electron chi connectivity index (χ1n) is 6.43. The minimum absolute atomic E-state index is 0.100. The van der Waals surface area contributed by atoms with Gasteiger partial charge >= 0.3 is 5.97 Å². The maximum absolute atomic E-state index is 12.4. The second-order valence-corrected chi connectivity index (χ2v) is 4.67. The van der Waals surface area contributed by atoms with Gasteiger partial charge in [-0.2, -0.15) is 0 Å². The molecule has 106 valence electrons. The molecule has 1 aliphatic heterocycles. The lowest BCUT2D eigenvalue weighted by Crippen LogP contribution is -2.38. The zero-order valence-corrected chi connectivity index (χ0v) is 10.9. The van der Waals surface area contributed by atoms with Gasteiger partial charge in [0, 0.05) is 25.2 Å². The van der Waals surface area contributed by atoms with Crippen molar-refractivity contribution in [3.63, 3.8) is 0 Å². The van der Waals surface area contributed by atoms with Gasteiger partial charge in [-0.3, -0.25) is 14.4 Å². The molecule has 1 heterocycles. The third-order valence-corrected chi connectivity index (χ3v) is 3.21. The number of nitrogens with one attached hydrogen (secondary N) is 1. The number of aliphatic carboxylic acids is 1. The fraction of sp³-hybridized carbons (Fsp3) is 0.357. The highest BCUT2D eigenvalue weighted by atomic mass is 16.4. The monoisotopic (exact) mass is 276 g/mol. The molecule has 1 aromatic carbocycles. The van der Waals surface area contributed by atoms with Crippen molar-refractivity contribution in [2.24, 2.45) is 5.92 Å². The minimum Gasteiger partial charge on any atom is -0.481 e. The van der Waals surface area contributed by atoms with Crippen LogP contribution < -0.4 is 10.2 Å². The summed E-state index contributed by atoms with van der Waals surface area (Å²) in [5.74, 6) is -1.73. The number of rotatable bonds is 5. The molecular formula is C14H16N2O4. The van der Waals surface area contributed by atoms with Crippen LogP contribution in [0.3, 0.4) is 0 Å². The summed E-state index contributed by atoms with van der Waals surface area (Å²) in [5, 5.41) is 11.4. The molecule has 0 spiro atoms. The predicted molar refractivity (Wildman–Crippen MR) is 72.2 cm³/mol. The van der Waals surface area contributed by atoms with Gasteiger partial charge in [0.25, 0.3) is 0 Å². The number of benzene rings is 1. The molecule has 1 atom stereocenters. The van der Waals surface area contributed by atoms with Crippen LogP contribution in [0.5, 0.6) is 0 Å². The maximum atomic E-state index is 12.4. The summed E-state index contributed by atoms with van der Waals surface area (Å²) in [6, 6.07) is 8.90. The molecule has 0 bridgehead atoms. The maximum Gasteiger partial charge on any atom is 0.305 e. The van der Waals surface area contributed by atoms with Gasteiger partial charge < -0.3 is 15.3 Å². The molecule has 1 aromatic rings. The van der Waals surface area contributed by atoms with Gasteiger partial charge in [-0.15, -0.1) is 0 Å². The molecule has 1 fully saturated rings. The van der Waals surface area contributed by atoms with E-state index in [1.807, 2.05) is 6.07 Å². The van der Waals surface area contributed by atoms with Crippen LogP contribution in [0.4, 0.5) is 5.69 Å². The van der Waals surface area contributed by atoms with Crippen molar-refractivity contribution in [3.8, 4) is 0 Å². The van der Waals surface area contributed by atoms with Crippen molar-refractivity contribution < 1.29 is 19.5 Å². The summed E-state index contributed by atoms with van der Waals surface area (Å²) in [6.07, 6.45) is 0.0317. The SMILES string of the molecule is O=C(O)CCN(C(=O)C1CNC(=O)C1)c1ccccc1. The summed E-state index contributed by atoms with van der Waals surface area (Å²) >= 11 is 0. The number of amides is 2. The van der Waals surface area contributed by atoms with Crippen molar-refractivity contribution in [3.05, 3.63) is 30.3 Å². The Labute approximate surface area is 116 Å². The van der Waals surface area contributed by atoms with Crippen molar-refractivity contribution in [2.75, 3.05) is 18.0 Å². The quantitative estimate of drug-likeness (QED) is 0.826. The van der Waals surface area contributed by atoms with Crippen molar-refractivity contribution in [2.45, 2.75) is 12.8 Å². The van der Waals surface area contributed by atoms with E-state index in [4.69, 9.17) is 5.11 Å². The van der Waals surface area contributed by atoms with Crippen molar-refractivity contribution >= 4 is 23.5 Å². The summed E-state index contributed by atoms with van der Waals surface area (Å²) < 4.78 is 0. The van der Waals surface area contributed by atoms with E-state index in [1.165, 1.54) is 4.90 Å². The highest BCUT2D eigenvalue weighted by Crippen LogP contribution is 2.20. The van der Waals surface area contributed by atoms with E-state index in [-0.39, 0.29) is 31.2 Å². The van der Waals surface area contributed by atoms with E-state index < -0.39 is 11.9 Å². The molecule has 0 radical (unpaired) electrons. The van der Waals surface area contributed by atoms with Crippen molar-refractivity contribution in [1.82, 2.24) is 5.32 Å². The highest BCUT2D eigenvalue weighted by Gasteiger charge is 2.32. The lowest BCUT2D eigenvalue weighted by molar-refractivity contribution is -0.136. The van der Waals surface area contributed by atoms with E-state index in [0.717, 1.165) is 0 Å². The molecule has 20 heavy (non-hydrogen) atoms. The Kier molecular flexibility index (Phi) is 4.34. The predicted octanol–water partition coefficient (Wildman–Crippen LogP) is 0.630. The standard InChI is InChI=1S/C14H16N2O4/c17-12-8-10(9-15-12)14(20)16(7-6-13(18)19)11-4-2-1-3-5-11/h1-5,10H,6-9H2,(H,15,17)(H,18,19). The number of anilines is 1. The summed E-state index contributed by atoms with van der Waals surface area (Å²) in [5.41, 5.74) is 0.651. The molecule has 0 aromatic heterocycles. The molecule has 0 saturated carbocycles. The first kappa shape index (κ1) is 14.0. The van der Waals surface area contributed by atoms with Crippen LogP contribution in [-0.4, -0.2) is 36.0 Å². The van der Waals surface area contributed by atoms with Crippen LogP contribution in [0.1, 0.15) is 12.8 Å². The van der Waals surface area contributed by atoms with Crippen LogP contribution in [0.25, 0.3) is 0 Å². The number of carboxylic acids is 1. The Morgan fingerprint density at radius 1 is 1.30 bits per heavy atom. The Balaban J connectivity index is 2.15. The molecule has 6 nitrogen and oxygen atoms in total. The largest absolute Gasteiger partial charge is 0.481 e. The minimum atomic E-state index is -0.959. The van der Waals surface area contributed by atoms with Crippen LogP contribution in [0, 0.1) is 5.92 Å². The molecule has 1 unspecified atom stereocenters. The second-order valence-electron chi connectivity index (χ2n) is 4.67. The number of carbonyl (C=O) groups excluding carboxylic acids is 2.